The van der Waals surface area contributed by atoms with E-state index in [4.69, 9.17) is 22.1 Å². The molecule has 0 aliphatic rings. The number of rotatable bonds is 6. The lowest BCUT2D eigenvalue weighted by molar-refractivity contribution is 0.300. The number of nitrogens with zero attached hydrogens (tertiary/aromatic N) is 3. The molecule has 0 unspecified atom stereocenters. The Hall–Kier alpha value is -2.05. The van der Waals surface area contributed by atoms with Gasteiger partial charge in [0.15, 0.2) is 5.82 Å². The van der Waals surface area contributed by atoms with Crippen molar-refractivity contribution in [2.45, 2.75) is 6.04 Å². The van der Waals surface area contributed by atoms with Crippen molar-refractivity contribution < 1.29 is 4.74 Å². The van der Waals surface area contributed by atoms with Crippen LogP contribution in [0.1, 0.15) is 11.6 Å². The van der Waals surface area contributed by atoms with Gasteiger partial charge in [0.05, 0.1) is 13.2 Å². The summed E-state index contributed by atoms with van der Waals surface area (Å²) in [5, 5.41) is 3.56. The number of methoxy groups -OCH3 is 1. The molecule has 118 valence electrons. The van der Waals surface area contributed by atoms with Crippen molar-refractivity contribution in [1.29, 1.82) is 0 Å². The average Bonchev–Trinajstić information content (AvgIpc) is 2.51. The van der Waals surface area contributed by atoms with Gasteiger partial charge in [-0.25, -0.2) is 9.97 Å². The Morgan fingerprint density at radius 2 is 2.05 bits per heavy atom. The van der Waals surface area contributed by atoms with Gasteiger partial charge in [-0.15, -0.1) is 0 Å². The molecule has 2 aromatic rings. The van der Waals surface area contributed by atoms with Crippen LogP contribution in [0.3, 0.4) is 0 Å². The van der Waals surface area contributed by atoms with E-state index in [0.29, 0.717) is 17.4 Å². The molecule has 0 saturated carbocycles. The second kappa shape index (κ2) is 7.29. The number of anilines is 2. The normalized spacial score (nSPS) is 12.2. The number of nitrogens with two attached hydrogens (primary N) is 1. The molecule has 0 fully saturated rings. The number of ether oxygens (including phenoxy) is 1. The first-order valence-electron chi connectivity index (χ1n) is 6.83. The fourth-order valence-electron chi connectivity index (χ4n) is 2.21. The third-order valence-corrected chi connectivity index (χ3v) is 3.77. The molecule has 2 rings (SSSR count). The van der Waals surface area contributed by atoms with Gasteiger partial charge >= 0.3 is 0 Å². The van der Waals surface area contributed by atoms with E-state index in [1.807, 2.05) is 38.4 Å². The minimum atomic E-state index is 0.0865. The molecule has 0 aliphatic heterocycles. The Morgan fingerprint density at radius 3 is 2.73 bits per heavy atom. The van der Waals surface area contributed by atoms with Gasteiger partial charge in [-0.1, -0.05) is 29.8 Å². The number of aromatic nitrogens is 2. The molecule has 1 aromatic heterocycles. The van der Waals surface area contributed by atoms with Crippen molar-refractivity contribution in [3.8, 4) is 5.75 Å². The fraction of sp³-hybridized carbons (Fsp3) is 0.333. The van der Waals surface area contributed by atoms with Crippen LogP contribution in [0.15, 0.2) is 30.6 Å². The molecule has 0 aliphatic carbocycles. The van der Waals surface area contributed by atoms with Gasteiger partial charge in [-0.3, -0.25) is 0 Å². The number of hydrogen-bond donors (Lipinski definition) is 2. The lowest BCUT2D eigenvalue weighted by Crippen LogP contribution is -2.27. The van der Waals surface area contributed by atoms with Crippen LogP contribution in [0, 0.1) is 0 Å². The summed E-state index contributed by atoms with van der Waals surface area (Å²) in [4.78, 5) is 10.1. The molecule has 1 aromatic carbocycles. The van der Waals surface area contributed by atoms with Crippen LogP contribution in [0.2, 0.25) is 5.02 Å². The number of para-hydroxylation sites is 1. The highest BCUT2D eigenvalue weighted by Gasteiger charge is 2.19. The summed E-state index contributed by atoms with van der Waals surface area (Å²) < 4.78 is 5.45. The highest BCUT2D eigenvalue weighted by atomic mass is 35.5. The van der Waals surface area contributed by atoms with Crippen LogP contribution >= 0.6 is 11.6 Å². The van der Waals surface area contributed by atoms with Gasteiger partial charge in [-0.2, -0.15) is 0 Å². The number of benzene rings is 1. The van der Waals surface area contributed by atoms with Crippen molar-refractivity contribution >= 4 is 23.2 Å². The van der Waals surface area contributed by atoms with E-state index in [-0.39, 0.29) is 11.9 Å². The smallest absolute Gasteiger partial charge is 0.150 e. The van der Waals surface area contributed by atoms with Crippen molar-refractivity contribution in [2.75, 3.05) is 38.8 Å². The highest BCUT2D eigenvalue weighted by molar-refractivity contribution is 6.35. The summed E-state index contributed by atoms with van der Waals surface area (Å²) >= 11 is 6.11. The standard InChI is InChI=1S/C15H20ClN5O/c1-21(2)11(10-6-4-5-7-12(10)22-3)8-18-15-13(16)14(17)19-9-20-15/h4-7,9,11H,8H2,1-3H3,(H3,17,18,19,20)/t11-/m0/s1. The minimum absolute atomic E-state index is 0.0865. The van der Waals surface area contributed by atoms with Gasteiger partial charge in [-0.05, 0) is 20.2 Å². The Balaban J connectivity index is 2.21. The monoisotopic (exact) mass is 321 g/mol. The summed E-state index contributed by atoms with van der Waals surface area (Å²) in [6, 6.07) is 8.01. The van der Waals surface area contributed by atoms with Gasteiger partial charge in [0.25, 0.3) is 0 Å². The molecule has 1 atom stereocenters. The average molecular weight is 322 g/mol. The van der Waals surface area contributed by atoms with E-state index in [0.717, 1.165) is 11.3 Å². The zero-order chi connectivity index (χ0) is 16.1. The topological polar surface area (TPSA) is 76.3 Å². The molecular formula is C15H20ClN5O. The largest absolute Gasteiger partial charge is 0.496 e. The van der Waals surface area contributed by atoms with Crippen LogP contribution in [0.4, 0.5) is 11.6 Å². The quantitative estimate of drug-likeness (QED) is 0.851. The number of nitrogens with one attached hydrogen (secondary N) is 1. The van der Waals surface area contributed by atoms with E-state index in [1.54, 1.807) is 7.11 Å². The molecule has 0 bridgehead atoms. The predicted octanol–water partition coefficient (Wildman–Crippen LogP) is 2.44. The second-order valence-corrected chi connectivity index (χ2v) is 5.40. The molecule has 1 heterocycles. The van der Waals surface area contributed by atoms with Crippen molar-refractivity contribution in [1.82, 2.24) is 14.9 Å². The van der Waals surface area contributed by atoms with Crippen LogP contribution in [-0.4, -0.2) is 42.6 Å². The van der Waals surface area contributed by atoms with Crippen molar-refractivity contribution in [3.05, 3.63) is 41.2 Å². The first-order valence-corrected chi connectivity index (χ1v) is 7.21. The fourth-order valence-corrected chi connectivity index (χ4v) is 2.38. The lowest BCUT2D eigenvalue weighted by atomic mass is 10.0. The third kappa shape index (κ3) is 3.58. The number of halogens is 1. The second-order valence-electron chi connectivity index (χ2n) is 5.02. The molecule has 6 nitrogen and oxygen atoms in total. The SMILES string of the molecule is COc1ccccc1[C@H](CNc1ncnc(N)c1Cl)N(C)C. The summed E-state index contributed by atoms with van der Waals surface area (Å²) in [5.41, 5.74) is 6.77. The Bertz CT molecular complexity index is 635. The first-order chi connectivity index (χ1) is 10.5. The van der Waals surface area contributed by atoms with E-state index in [2.05, 4.69) is 20.2 Å². The van der Waals surface area contributed by atoms with E-state index in [1.165, 1.54) is 6.33 Å². The number of hydrogen-bond acceptors (Lipinski definition) is 6. The minimum Gasteiger partial charge on any atom is -0.496 e. The Labute approximate surface area is 135 Å². The van der Waals surface area contributed by atoms with E-state index >= 15 is 0 Å². The molecular weight excluding hydrogens is 302 g/mol. The van der Waals surface area contributed by atoms with Crippen LogP contribution in [-0.2, 0) is 0 Å². The Kier molecular flexibility index (Phi) is 5.41. The molecule has 22 heavy (non-hydrogen) atoms. The lowest BCUT2D eigenvalue weighted by Gasteiger charge is -2.27. The van der Waals surface area contributed by atoms with Gasteiger partial charge < -0.3 is 20.7 Å². The first kappa shape index (κ1) is 16.3. The number of likely N-dealkylation sites (N-methyl/N-ethyl adjacent to an activating group) is 1. The van der Waals surface area contributed by atoms with Gasteiger partial charge in [0.1, 0.15) is 22.9 Å². The zero-order valence-corrected chi connectivity index (χ0v) is 13.6. The summed E-state index contributed by atoms with van der Waals surface area (Å²) in [6.07, 6.45) is 1.39. The summed E-state index contributed by atoms with van der Waals surface area (Å²) in [5.74, 6) is 1.63. The maximum absolute atomic E-state index is 6.11. The highest BCUT2D eigenvalue weighted by Crippen LogP contribution is 2.29. The molecule has 0 radical (unpaired) electrons. The maximum atomic E-state index is 6.11. The molecule has 0 saturated heterocycles. The van der Waals surface area contributed by atoms with Crippen molar-refractivity contribution in [3.63, 3.8) is 0 Å². The van der Waals surface area contributed by atoms with Crippen LogP contribution in [0.25, 0.3) is 0 Å². The van der Waals surface area contributed by atoms with Crippen LogP contribution < -0.4 is 15.8 Å². The van der Waals surface area contributed by atoms with Gasteiger partial charge in [0, 0.05) is 12.1 Å². The van der Waals surface area contributed by atoms with Gasteiger partial charge in [0.2, 0.25) is 0 Å². The molecule has 7 heteroatoms. The maximum Gasteiger partial charge on any atom is 0.150 e. The zero-order valence-electron chi connectivity index (χ0n) is 12.9. The molecule has 3 N–H and O–H groups in total. The molecule has 0 spiro atoms. The third-order valence-electron chi connectivity index (χ3n) is 3.40. The molecule has 0 amide bonds. The van der Waals surface area contributed by atoms with E-state index in [9.17, 15) is 0 Å². The predicted molar refractivity (Wildman–Crippen MR) is 89.4 cm³/mol. The summed E-state index contributed by atoms with van der Waals surface area (Å²) in [6.45, 7) is 0.601. The summed E-state index contributed by atoms with van der Waals surface area (Å²) in [7, 11) is 5.68. The van der Waals surface area contributed by atoms with E-state index < -0.39 is 0 Å². The Morgan fingerprint density at radius 1 is 1.32 bits per heavy atom. The number of nitrogen functional groups attached to an aromatic ring is 1. The van der Waals surface area contributed by atoms with Crippen LogP contribution in [0.5, 0.6) is 5.75 Å². The van der Waals surface area contributed by atoms with Crippen molar-refractivity contribution in [2.24, 2.45) is 0 Å².